The monoisotopic (exact) mass is 978 g/mol. The molecule has 0 aliphatic heterocycles. The molecule has 0 aromatic rings. The Balaban J connectivity index is 5.40. The molecule has 2 N–H and O–H groups in total. The van der Waals surface area contributed by atoms with E-state index in [0.717, 1.165) is 89.9 Å². The molecule has 0 spiro atoms. The first-order valence-corrected chi connectivity index (χ1v) is 30.0. The van der Waals surface area contributed by atoms with Gasteiger partial charge in [0.15, 0.2) is 0 Å². The number of rotatable bonds is 51. The van der Waals surface area contributed by atoms with Crippen molar-refractivity contribution in [1.29, 1.82) is 0 Å². The summed E-state index contributed by atoms with van der Waals surface area (Å²) in [6.07, 6.45) is 58.1. The predicted octanol–water partition coefficient (Wildman–Crippen LogP) is 16.9. The van der Waals surface area contributed by atoms with Crippen molar-refractivity contribution in [1.82, 2.24) is 5.32 Å². The Bertz CT molecular complexity index is 1310. The number of nitrogens with one attached hydrogen (secondary N) is 1. The SMILES string of the molecule is CC/C=C/C/C=C/C/C=C/CCCCCCC(=O)NC(COP(=O)(O)OCC[N+](C)(C)C)C(/C=C/CCCCCCCCCCCCC)OC(=O)CCCCCCCCCCCCCCCCC. The molecule has 0 aromatic heterocycles. The summed E-state index contributed by atoms with van der Waals surface area (Å²) < 4.78 is 30.6. The lowest BCUT2D eigenvalue weighted by Crippen LogP contribution is -2.47. The highest BCUT2D eigenvalue weighted by Gasteiger charge is 2.30. The van der Waals surface area contributed by atoms with E-state index in [4.69, 9.17) is 13.8 Å². The molecular weight excluding hydrogens is 868 g/mol. The van der Waals surface area contributed by atoms with Crippen molar-refractivity contribution in [3.8, 4) is 0 Å². The van der Waals surface area contributed by atoms with E-state index in [-0.39, 0.29) is 31.5 Å². The van der Waals surface area contributed by atoms with Gasteiger partial charge in [-0.15, -0.1) is 0 Å². The Morgan fingerprint density at radius 3 is 1.41 bits per heavy atom. The number of ether oxygens (including phenoxy) is 1. The van der Waals surface area contributed by atoms with Crippen LogP contribution in [0.5, 0.6) is 0 Å². The third kappa shape index (κ3) is 49.0. The largest absolute Gasteiger partial charge is 0.472 e. The predicted molar refractivity (Wildman–Crippen MR) is 291 cm³/mol. The maximum atomic E-state index is 13.5. The van der Waals surface area contributed by atoms with E-state index >= 15 is 0 Å². The van der Waals surface area contributed by atoms with Crippen LogP contribution >= 0.6 is 7.82 Å². The van der Waals surface area contributed by atoms with Gasteiger partial charge in [-0.05, 0) is 63.9 Å². The number of carbonyl (C=O) groups is 2. The van der Waals surface area contributed by atoms with E-state index in [2.05, 4.69) is 62.5 Å². The number of phosphoric ester groups is 1. The van der Waals surface area contributed by atoms with Crippen molar-refractivity contribution in [3.63, 3.8) is 0 Å². The maximum Gasteiger partial charge on any atom is 0.472 e. The number of hydrogen-bond donors (Lipinski definition) is 2. The van der Waals surface area contributed by atoms with E-state index in [1.54, 1.807) is 0 Å². The van der Waals surface area contributed by atoms with Gasteiger partial charge in [-0.3, -0.25) is 18.6 Å². The minimum absolute atomic E-state index is 0.0363. The van der Waals surface area contributed by atoms with E-state index in [9.17, 15) is 19.0 Å². The summed E-state index contributed by atoms with van der Waals surface area (Å²) in [7, 11) is 1.48. The van der Waals surface area contributed by atoms with Crippen molar-refractivity contribution in [2.45, 2.75) is 270 Å². The van der Waals surface area contributed by atoms with Gasteiger partial charge in [0.2, 0.25) is 5.91 Å². The minimum atomic E-state index is -4.45. The van der Waals surface area contributed by atoms with Gasteiger partial charge in [0.25, 0.3) is 0 Å². The molecular formula is C58H110N2O7P+. The highest BCUT2D eigenvalue weighted by molar-refractivity contribution is 7.47. The van der Waals surface area contributed by atoms with Crippen LogP contribution in [0.2, 0.25) is 0 Å². The van der Waals surface area contributed by atoms with Crippen LogP contribution in [0.3, 0.4) is 0 Å². The van der Waals surface area contributed by atoms with Gasteiger partial charge in [0.05, 0.1) is 33.8 Å². The molecule has 1 amide bonds. The Hall–Kier alpha value is -2.03. The molecule has 0 aromatic carbocycles. The molecule has 0 saturated heterocycles. The first kappa shape index (κ1) is 66.0. The number of hydrogen-bond acceptors (Lipinski definition) is 6. The molecule has 10 heteroatoms. The van der Waals surface area contributed by atoms with Crippen molar-refractivity contribution >= 4 is 19.7 Å². The van der Waals surface area contributed by atoms with Crippen molar-refractivity contribution in [3.05, 3.63) is 48.6 Å². The third-order valence-electron chi connectivity index (χ3n) is 12.5. The second-order valence-corrected chi connectivity index (χ2v) is 21.9. The molecule has 0 saturated carbocycles. The quantitative estimate of drug-likeness (QED) is 0.0205. The zero-order valence-corrected chi connectivity index (χ0v) is 46.2. The number of likely N-dealkylation sites (N-methyl/N-ethyl adjacent to an activating group) is 1. The molecule has 0 rings (SSSR count). The summed E-state index contributed by atoms with van der Waals surface area (Å²) in [5.74, 6) is -0.524. The van der Waals surface area contributed by atoms with E-state index in [1.807, 2.05) is 33.3 Å². The lowest BCUT2D eigenvalue weighted by atomic mass is 10.0. The highest BCUT2D eigenvalue weighted by Crippen LogP contribution is 2.43. The van der Waals surface area contributed by atoms with Gasteiger partial charge in [0.1, 0.15) is 19.3 Å². The number of amides is 1. The van der Waals surface area contributed by atoms with E-state index < -0.39 is 20.0 Å². The van der Waals surface area contributed by atoms with Crippen LogP contribution < -0.4 is 5.32 Å². The summed E-state index contributed by atoms with van der Waals surface area (Å²) in [5, 5.41) is 3.04. The zero-order valence-electron chi connectivity index (χ0n) is 45.3. The summed E-state index contributed by atoms with van der Waals surface area (Å²) >= 11 is 0. The Morgan fingerprint density at radius 1 is 0.529 bits per heavy atom. The summed E-state index contributed by atoms with van der Waals surface area (Å²) in [6, 6.07) is -0.856. The topological polar surface area (TPSA) is 111 Å². The number of quaternary nitrogens is 1. The van der Waals surface area contributed by atoms with Crippen molar-refractivity contribution < 1.29 is 37.3 Å². The minimum Gasteiger partial charge on any atom is -0.456 e. The van der Waals surface area contributed by atoms with Crippen LogP contribution in [0.1, 0.15) is 258 Å². The number of unbranched alkanes of at least 4 members (excludes halogenated alkanes) is 29. The Labute approximate surface area is 420 Å². The normalized spacial score (nSPS) is 14.2. The molecule has 0 heterocycles. The molecule has 3 unspecified atom stereocenters. The standard InChI is InChI=1S/C58H109N2O7P/c1-7-10-13-16-19-22-25-28-30-33-36-39-42-45-48-51-58(62)67-56(49-46-43-40-37-34-31-27-24-21-18-15-12-9-3)55(54-66-68(63,64)65-53-52-60(4,5)6)59-57(61)50-47-44-41-38-35-32-29-26-23-20-17-14-11-8-2/h11,14,20,23,29,32,46,49,55-56H,7-10,12-13,15-19,21-22,24-28,30-31,33-45,47-48,50-54H2,1-6H3,(H-,59,61,63,64)/p+1/b14-11+,23-20+,32-29+,49-46+. The fourth-order valence-electron chi connectivity index (χ4n) is 8.13. The fraction of sp³-hybridized carbons (Fsp3) is 0.828. The fourth-order valence-corrected chi connectivity index (χ4v) is 8.87. The molecule has 0 radical (unpaired) electrons. The van der Waals surface area contributed by atoms with Crippen LogP contribution in [0.15, 0.2) is 48.6 Å². The average Bonchev–Trinajstić information content (AvgIpc) is 3.29. The smallest absolute Gasteiger partial charge is 0.456 e. The maximum absolute atomic E-state index is 13.5. The Morgan fingerprint density at radius 2 is 0.941 bits per heavy atom. The van der Waals surface area contributed by atoms with Gasteiger partial charge < -0.3 is 19.4 Å². The average molecular weight is 978 g/mol. The molecule has 0 fully saturated rings. The molecule has 68 heavy (non-hydrogen) atoms. The Kier molecular flexibility index (Phi) is 47.1. The zero-order chi connectivity index (χ0) is 50.1. The van der Waals surface area contributed by atoms with Crippen molar-refractivity contribution in [2.75, 3.05) is 40.9 Å². The van der Waals surface area contributed by atoms with Crippen molar-refractivity contribution in [2.24, 2.45) is 0 Å². The van der Waals surface area contributed by atoms with Gasteiger partial charge in [-0.25, -0.2) is 4.57 Å². The lowest BCUT2D eigenvalue weighted by molar-refractivity contribution is -0.870. The third-order valence-corrected chi connectivity index (χ3v) is 13.5. The summed E-state index contributed by atoms with van der Waals surface area (Å²) in [6.45, 7) is 6.89. The van der Waals surface area contributed by atoms with Crippen LogP contribution in [0.4, 0.5) is 0 Å². The van der Waals surface area contributed by atoms with Gasteiger partial charge in [-0.2, -0.15) is 0 Å². The molecule has 398 valence electrons. The number of nitrogens with zero attached hydrogens (tertiary/aromatic N) is 1. The van der Waals surface area contributed by atoms with Gasteiger partial charge >= 0.3 is 13.8 Å². The number of carbonyl (C=O) groups excluding carboxylic acids is 2. The van der Waals surface area contributed by atoms with E-state index in [1.165, 1.54) is 135 Å². The summed E-state index contributed by atoms with van der Waals surface area (Å²) in [5.41, 5.74) is 0. The van der Waals surface area contributed by atoms with Crippen LogP contribution in [0.25, 0.3) is 0 Å². The first-order valence-electron chi connectivity index (χ1n) is 28.5. The number of esters is 1. The van der Waals surface area contributed by atoms with E-state index in [0.29, 0.717) is 17.4 Å². The summed E-state index contributed by atoms with van der Waals surface area (Å²) in [4.78, 5) is 37.5. The molecule has 9 nitrogen and oxygen atoms in total. The second-order valence-electron chi connectivity index (χ2n) is 20.4. The van der Waals surface area contributed by atoms with Gasteiger partial charge in [-0.1, -0.05) is 230 Å². The first-order chi connectivity index (χ1) is 32.9. The lowest BCUT2D eigenvalue weighted by Gasteiger charge is -2.27. The van der Waals surface area contributed by atoms with Crippen LogP contribution in [-0.4, -0.2) is 74.3 Å². The molecule has 0 bridgehead atoms. The highest BCUT2D eigenvalue weighted by atomic mass is 31.2. The van der Waals surface area contributed by atoms with Crippen LogP contribution in [0, 0.1) is 0 Å². The van der Waals surface area contributed by atoms with Gasteiger partial charge in [0, 0.05) is 12.8 Å². The number of phosphoric acid groups is 1. The molecule has 0 aliphatic rings. The molecule has 0 aliphatic carbocycles. The molecule has 3 atom stereocenters. The van der Waals surface area contributed by atoms with Crippen LogP contribution in [-0.2, 0) is 27.9 Å². The number of allylic oxidation sites excluding steroid dienone is 7. The second kappa shape index (κ2) is 48.6.